The van der Waals surface area contributed by atoms with E-state index < -0.39 is 10.2 Å². The van der Waals surface area contributed by atoms with Crippen molar-refractivity contribution in [3.63, 3.8) is 0 Å². The molecule has 5 nitrogen and oxygen atoms in total. The van der Waals surface area contributed by atoms with Gasteiger partial charge in [-0.3, -0.25) is 0 Å². The van der Waals surface area contributed by atoms with Crippen LogP contribution in [0.15, 0.2) is 0 Å². The third-order valence-corrected chi connectivity index (χ3v) is 4.16. The molecular weight excluding hydrogens is 250 g/mol. The summed E-state index contributed by atoms with van der Waals surface area (Å²) in [6.07, 6.45) is 3.93. The predicted molar refractivity (Wildman–Crippen MR) is 68.1 cm³/mol. The standard InChI is InChI=1S/C9H21N3O2S.ClH/c1-10-6-5-7-11-15(13,14)12-8-3-2-4-9-12;/h10-11H,2-9H2,1H3;1H. The van der Waals surface area contributed by atoms with Crippen LogP contribution in [0.2, 0.25) is 0 Å². The quantitative estimate of drug-likeness (QED) is 0.685. The number of rotatable bonds is 6. The van der Waals surface area contributed by atoms with Crippen LogP contribution in [0.4, 0.5) is 0 Å². The van der Waals surface area contributed by atoms with Gasteiger partial charge in [0.1, 0.15) is 0 Å². The van der Waals surface area contributed by atoms with Crippen molar-refractivity contribution in [3.8, 4) is 0 Å². The SMILES string of the molecule is CNCCCNS(=O)(=O)N1CCCCC1.Cl. The van der Waals surface area contributed by atoms with Crippen molar-refractivity contribution in [2.75, 3.05) is 33.2 Å². The van der Waals surface area contributed by atoms with Crippen LogP contribution in [0.5, 0.6) is 0 Å². The molecule has 1 heterocycles. The summed E-state index contributed by atoms with van der Waals surface area (Å²) in [6.45, 7) is 2.69. The normalized spacial score (nSPS) is 18.1. The van der Waals surface area contributed by atoms with Crippen molar-refractivity contribution in [1.29, 1.82) is 0 Å². The Labute approximate surface area is 105 Å². The fraction of sp³-hybridized carbons (Fsp3) is 1.00. The van der Waals surface area contributed by atoms with Gasteiger partial charge in [0, 0.05) is 19.6 Å². The number of piperidine rings is 1. The Balaban J connectivity index is 0.00000225. The van der Waals surface area contributed by atoms with Crippen molar-refractivity contribution < 1.29 is 8.42 Å². The van der Waals surface area contributed by atoms with E-state index in [9.17, 15) is 8.42 Å². The van der Waals surface area contributed by atoms with E-state index in [4.69, 9.17) is 0 Å². The van der Waals surface area contributed by atoms with Gasteiger partial charge < -0.3 is 5.32 Å². The summed E-state index contributed by atoms with van der Waals surface area (Å²) in [4.78, 5) is 0. The fourth-order valence-electron chi connectivity index (χ4n) is 1.66. The Hall–Kier alpha value is 0.120. The minimum atomic E-state index is -3.21. The van der Waals surface area contributed by atoms with Crippen LogP contribution in [0, 0.1) is 0 Å². The van der Waals surface area contributed by atoms with Crippen LogP contribution in [0.3, 0.4) is 0 Å². The highest BCUT2D eigenvalue weighted by Crippen LogP contribution is 2.11. The molecule has 0 saturated carbocycles. The summed E-state index contributed by atoms with van der Waals surface area (Å²) in [5.74, 6) is 0. The smallest absolute Gasteiger partial charge is 0.279 e. The van der Waals surface area contributed by atoms with Crippen molar-refractivity contribution in [1.82, 2.24) is 14.3 Å². The molecule has 0 aromatic rings. The van der Waals surface area contributed by atoms with Crippen LogP contribution in [0.1, 0.15) is 25.7 Å². The molecule has 0 spiro atoms. The van der Waals surface area contributed by atoms with E-state index in [1.165, 1.54) is 0 Å². The largest absolute Gasteiger partial charge is 0.320 e. The summed E-state index contributed by atoms with van der Waals surface area (Å²) < 4.78 is 27.7. The Morgan fingerprint density at radius 2 is 1.75 bits per heavy atom. The summed E-state index contributed by atoms with van der Waals surface area (Å²) in [7, 11) is -1.35. The second-order valence-electron chi connectivity index (χ2n) is 3.82. The van der Waals surface area contributed by atoms with Crippen molar-refractivity contribution in [2.45, 2.75) is 25.7 Å². The van der Waals surface area contributed by atoms with Gasteiger partial charge in [-0.25, -0.2) is 4.72 Å². The van der Waals surface area contributed by atoms with Crippen LogP contribution in [0.25, 0.3) is 0 Å². The Morgan fingerprint density at radius 3 is 2.31 bits per heavy atom. The predicted octanol–water partition coefficient (Wildman–Crippen LogP) is 0.338. The average molecular weight is 272 g/mol. The lowest BCUT2D eigenvalue weighted by Gasteiger charge is -2.25. The zero-order valence-electron chi connectivity index (χ0n) is 9.74. The van der Waals surface area contributed by atoms with Crippen LogP contribution in [-0.4, -0.2) is 45.9 Å². The molecule has 1 rings (SSSR count). The van der Waals surface area contributed by atoms with Gasteiger partial charge in [-0.15, -0.1) is 12.4 Å². The highest BCUT2D eigenvalue weighted by atomic mass is 35.5. The van der Waals surface area contributed by atoms with Crippen LogP contribution < -0.4 is 10.0 Å². The van der Waals surface area contributed by atoms with E-state index in [1.807, 2.05) is 7.05 Å². The topological polar surface area (TPSA) is 61.4 Å². The maximum absolute atomic E-state index is 11.7. The van der Waals surface area contributed by atoms with Gasteiger partial charge in [0.15, 0.2) is 0 Å². The van der Waals surface area contributed by atoms with Crippen molar-refractivity contribution in [3.05, 3.63) is 0 Å². The molecule has 2 N–H and O–H groups in total. The molecule has 7 heteroatoms. The second kappa shape index (κ2) is 8.25. The molecule has 1 fully saturated rings. The molecule has 0 unspecified atom stereocenters. The van der Waals surface area contributed by atoms with Gasteiger partial charge in [0.2, 0.25) is 0 Å². The van der Waals surface area contributed by atoms with E-state index in [0.717, 1.165) is 32.2 Å². The maximum atomic E-state index is 11.7. The summed E-state index contributed by atoms with van der Waals surface area (Å²) in [5, 5.41) is 2.99. The Morgan fingerprint density at radius 1 is 1.12 bits per heavy atom. The molecule has 1 saturated heterocycles. The number of nitrogens with zero attached hydrogens (tertiary/aromatic N) is 1. The first-order valence-electron chi connectivity index (χ1n) is 5.56. The zero-order valence-corrected chi connectivity index (χ0v) is 11.4. The summed E-state index contributed by atoms with van der Waals surface area (Å²) in [6, 6.07) is 0. The third-order valence-electron chi connectivity index (χ3n) is 2.54. The van der Waals surface area contributed by atoms with Gasteiger partial charge in [0.05, 0.1) is 0 Å². The third kappa shape index (κ3) is 5.45. The first kappa shape index (κ1) is 16.1. The number of nitrogens with one attached hydrogen (secondary N) is 2. The lowest BCUT2D eigenvalue weighted by Crippen LogP contribution is -2.43. The molecule has 16 heavy (non-hydrogen) atoms. The zero-order chi connectivity index (χ0) is 11.1. The average Bonchev–Trinajstić information content (AvgIpc) is 2.26. The van der Waals surface area contributed by atoms with E-state index >= 15 is 0 Å². The lowest BCUT2D eigenvalue weighted by molar-refractivity contribution is 0.341. The van der Waals surface area contributed by atoms with E-state index in [2.05, 4.69) is 10.0 Å². The molecule has 0 atom stereocenters. The van der Waals surface area contributed by atoms with Gasteiger partial charge in [-0.05, 0) is 32.9 Å². The number of hydrogen-bond acceptors (Lipinski definition) is 3. The van der Waals surface area contributed by atoms with Crippen molar-refractivity contribution >= 4 is 22.6 Å². The van der Waals surface area contributed by atoms with Crippen molar-refractivity contribution in [2.24, 2.45) is 0 Å². The van der Waals surface area contributed by atoms with Gasteiger partial charge in [-0.2, -0.15) is 12.7 Å². The molecule has 1 aliphatic heterocycles. The van der Waals surface area contributed by atoms with Gasteiger partial charge >= 0.3 is 0 Å². The molecule has 0 aromatic carbocycles. The Bertz CT molecular complexity index is 266. The fourth-order valence-corrected chi connectivity index (χ4v) is 2.99. The highest BCUT2D eigenvalue weighted by Gasteiger charge is 2.22. The molecule has 0 aromatic heterocycles. The van der Waals surface area contributed by atoms with Gasteiger partial charge in [-0.1, -0.05) is 6.42 Å². The van der Waals surface area contributed by atoms with Crippen LogP contribution in [-0.2, 0) is 10.2 Å². The Kier molecular flexibility index (Phi) is 8.31. The monoisotopic (exact) mass is 271 g/mol. The highest BCUT2D eigenvalue weighted by molar-refractivity contribution is 7.87. The molecule has 0 aliphatic carbocycles. The number of hydrogen-bond donors (Lipinski definition) is 2. The first-order chi connectivity index (χ1) is 7.17. The molecule has 1 aliphatic rings. The van der Waals surface area contributed by atoms with E-state index in [0.29, 0.717) is 19.6 Å². The molecule has 98 valence electrons. The minimum Gasteiger partial charge on any atom is -0.320 e. The van der Waals surface area contributed by atoms with E-state index in [-0.39, 0.29) is 12.4 Å². The van der Waals surface area contributed by atoms with Crippen LogP contribution >= 0.6 is 12.4 Å². The summed E-state index contributed by atoms with van der Waals surface area (Å²) >= 11 is 0. The molecule has 0 amide bonds. The molecule has 0 bridgehead atoms. The van der Waals surface area contributed by atoms with E-state index in [1.54, 1.807) is 4.31 Å². The lowest BCUT2D eigenvalue weighted by atomic mass is 10.2. The summed E-state index contributed by atoms with van der Waals surface area (Å²) in [5.41, 5.74) is 0. The number of halogens is 1. The molecular formula is C9H22ClN3O2S. The minimum absolute atomic E-state index is 0. The first-order valence-corrected chi connectivity index (χ1v) is 7.00. The van der Waals surface area contributed by atoms with Gasteiger partial charge in [0.25, 0.3) is 10.2 Å². The maximum Gasteiger partial charge on any atom is 0.279 e. The second-order valence-corrected chi connectivity index (χ2v) is 5.57. The molecule has 0 radical (unpaired) electrons.